The lowest BCUT2D eigenvalue weighted by molar-refractivity contribution is 0.0729. The number of hydrogen-bond acceptors (Lipinski definition) is 4. The zero-order valence-electron chi connectivity index (χ0n) is 18.0. The standard InChI is InChI=1S/C23H26ClN3O4S/c1-26(2)32(30,31)19-11-12-21(24)20(13-19)23(29)27(18-9-10-18)14-15-3-5-16(6-4-15)22(28)25-17-7-8-17/h3-6,11-13,17-18H,7-10,14H2,1-2H3,(H,25,28). The molecule has 0 atom stereocenters. The molecule has 4 rings (SSSR count). The van der Waals surface area contributed by atoms with E-state index in [2.05, 4.69) is 5.32 Å². The van der Waals surface area contributed by atoms with Gasteiger partial charge in [0.05, 0.1) is 15.5 Å². The average Bonchev–Trinajstić information content (AvgIpc) is 3.67. The Morgan fingerprint density at radius 2 is 1.69 bits per heavy atom. The molecule has 0 unspecified atom stereocenters. The Hall–Kier alpha value is -2.42. The maximum atomic E-state index is 13.4. The second-order valence-electron chi connectivity index (χ2n) is 8.54. The van der Waals surface area contributed by atoms with Crippen LogP contribution in [0.1, 0.15) is 52.0 Å². The predicted molar refractivity (Wildman–Crippen MR) is 122 cm³/mol. The van der Waals surface area contributed by atoms with E-state index >= 15 is 0 Å². The minimum absolute atomic E-state index is 0.0250. The van der Waals surface area contributed by atoms with E-state index in [0.717, 1.165) is 35.6 Å². The highest BCUT2D eigenvalue weighted by Gasteiger charge is 2.34. The van der Waals surface area contributed by atoms with Crippen LogP contribution in [0.3, 0.4) is 0 Å². The fourth-order valence-electron chi connectivity index (χ4n) is 3.40. The summed E-state index contributed by atoms with van der Waals surface area (Å²) in [5.41, 5.74) is 1.65. The summed E-state index contributed by atoms with van der Waals surface area (Å²) in [6.07, 6.45) is 3.84. The molecule has 0 bridgehead atoms. The van der Waals surface area contributed by atoms with Crippen LogP contribution >= 0.6 is 11.6 Å². The lowest BCUT2D eigenvalue weighted by Crippen LogP contribution is -2.33. The molecule has 32 heavy (non-hydrogen) atoms. The molecule has 0 heterocycles. The maximum Gasteiger partial charge on any atom is 0.255 e. The Morgan fingerprint density at radius 3 is 2.25 bits per heavy atom. The van der Waals surface area contributed by atoms with Crippen molar-refractivity contribution in [2.24, 2.45) is 0 Å². The summed E-state index contributed by atoms with van der Waals surface area (Å²) in [5, 5.41) is 3.17. The highest BCUT2D eigenvalue weighted by Crippen LogP contribution is 2.32. The van der Waals surface area contributed by atoms with E-state index in [0.29, 0.717) is 18.2 Å². The van der Waals surface area contributed by atoms with Crippen molar-refractivity contribution in [3.8, 4) is 0 Å². The molecule has 2 aliphatic carbocycles. The first kappa shape index (κ1) is 22.8. The molecule has 0 spiro atoms. The molecule has 1 N–H and O–H groups in total. The SMILES string of the molecule is CN(C)S(=O)(=O)c1ccc(Cl)c(C(=O)N(Cc2ccc(C(=O)NC3CC3)cc2)C2CC2)c1. The lowest BCUT2D eigenvalue weighted by atomic mass is 10.1. The van der Waals surface area contributed by atoms with E-state index in [1.54, 1.807) is 17.0 Å². The van der Waals surface area contributed by atoms with Crippen LogP contribution in [0.2, 0.25) is 5.02 Å². The number of amides is 2. The van der Waals surface area contributed by atoms with E-state index in [1.807, 2.05) is 12.1 Å². The van der Waals surface area contributed by atoms with Gasteiger partial charge in [-0.2, -0.15) is 0 Å². The van der Waals surface area contributed by atoms with Crippen LogP contribution in [0.4, 0.5) is 0 Å². The summed E-state index contributed by atoms with van der Waals surface area (Å²) in [7, 11) is -0.808. The van der Waals surface area contributed by atoms with Gasteiger partial charge in [-0.1, -0.05) is 23.7 Å². The number of halogens is 1. The molecular formula is C23H26ClN3O4S. The van der Waals surface area contributed by atoms with Gasteiger partial charge < -0.3 is 10.2 Å². The van der Waals surface area contributed by atoms with E-state index in [-0.39, 0.29) is 33.3 Å². The predicted octanol–water partition coefficient (Wildman–Crippen LogP) is 3.29. The van der Waals surface area contributed by atoms with Crippen molar-refractivity contribution in [2.75, 3.05) is 14.1 Å². The van der Waals surface area contributed by atoms with Gasteiger partial charge in [-0.3, -0.25) is 9.59 Å². The molecule has 170 valence electrons. The molecule has 2 amide bonds. The smallest absolute Gasteiger partial charge is 0.255 e. The molecule has 7 nitrogen and oxygen atoms in total. The first-order valence-corrected chi connectivity index (χ1v) is 12.4. The van der Waals surface area contributed by atoms with Crippen LogP contribution in [-0.4, -0.2) is 55.6 Å². The summed E-state index contributed by atoms with van der Waals surface area (Å²) in [6, 6.07) is 11.8. The molecule has 0 radical (unpaired) electrons. The van der Waals surface area contributed by atoms with Gasteiger partial charge in [0.15, 0.2) is 0 Å². The molecule has 2 fully saturated rings. The van der Waals surface area contributed by atoms with Crippen molar-refractivity contribution < 1.29 is 18.0 Å². The van der Waals surface area contributed by atoms with Gasteiger partial charge >= 0.3 is 0 Å². The molecule has 0 aliphatic heterocycles. The first-order valence-electron chi connectivity index (χ1n) is 10.6. The zero-order valence-corrected chi connectivity index (χ0v) is 19.6. The van der Waals surface area contributed by atoms with Crippen LogP contribution < -0.4 is 5.32 Å². The summed E-state index contributed by atoms with van der Waals surface area (Å²) in [5.74, 6) is -0.385. The van der Waals surface area contributed by atoms with Crippen LogP contribution in [0, 0.1) is 0 Å². The van der Waals surface area contributed by atoms with E-state index in [9.17, 15) is 18.0 Å². The first-order chi connectivity index (χ1) is 15.2. The van der Waals surface area contributed by atoms with Crippen molar-refractivity contribution in [1.82, 2.24) is 14.5 Å². The van der Waals surface area contributed by atoms with Gasteiger partial charge in [-0.15, -0.1) is 0 Å². The Balaban J connectivity index is 1.54. The van der Waals surface area contributed by atoms with Crippen molar-refractivity contribution in [3.63, 3.8) is 0 Å². The summed E-state index contributed by atoms with van der Waals surface area (Å²) in [6.45, 7) is 0.356. The summed E-state index contributed by atoms with van der Waals surface area (Å²) in [4.78, 5) is 27.3. The normalized spacial score (nSPS) is 16.1. The number of carbonyl (C=O) groups excluding carboxylic acids is 2. The molecule has 0 saturated heterocycles. The summed E-state index contributed by atoms with van der Waals surface area (Å²) < 4.78 is 26.1. The highest BCUT2D eigenvalue weighted by molar-refractivity contribution is 7.89. The van der Waals surface area contributed by atoms with Crippen LogP contribution in [0.25, 0.3) is 0 Å². The largest absolute Gasteiger partial charge is 0.349 e. The fraction of sp³-hybridized carbons (Fsp3) is 0.391. The highest BCUT2D eigenvalue weighted by atomic mass is 35.5. The third-order valence-electron chi connectivity index (χ3n) is 5.68. The van der Waals surface area contributed by atoms with Crippen LogP contribution in [0.15, 0.2) is 47.4 Å². The number of nitrogens with one attached hydrogen (secondary N) is 1. The third kappa shape index (κ3) is 4.98. The molecule has 2 aromatic rings. The Labute approximate surface area is 193 Å². The Kier molecular flexibility index (Phi) is 6.29. The van der Waals surface area contributed by atoms with Crippen molar-refractivity contribution >= 4 is 33.4 Å². The number of sulfonamides is 1. The van der Waals surface area contributed by atoms with Gasteiger partial charge in [-0.25, -0.2) is 12.7 Å². The van der Waals surface area contributed by atoms with Gasteiger partial charge in [-0.05, 0) is 61.6 Å². The number of benzene rings is 2. The maximum absolute atomic E-state index is 13.4. The second kappa shape index (κ2) is 8.84. The molecule has 9 heteroatoms. The van der Waals surface area contributed by atoms with Crippen molar-refractivity contribution in [1.29, 1.82) is 0 Å². The second-order valence-corrected chi connectivity index (χ2v) is 11.1. The number of carbonyl (C=O) groups is 2. The number of hydrogen-bond donors (Lipinski definition) is 1. The quantitative estimate of drug-likeness (QED) is 0.634. The zero-order chi connectivity index (χ0) is 23.0. The number of rotatable bonds is 8. The van der Waals surface area contributed by atoms with E-state index in [1.165, 1.54) is 32.3 Å². The minimum Gasteiger partial charge on any atom is -0.349 e. The van der Waals surface area contributed by atoms with Gasteiger partial charge in [0, 0.05) is 38.3 Å². The lowest BCUT2D eigenvalue weighted by Gasteiger charge is -2.24. The van der Waals surface area contributed by atoms with Crippen LogP contribution in [-0.2, 0) is 16.6 Å². The van der Waals surface area contributed by atoms with Crippen LogP contribution in [0.5, 0.6) is 0 Å². The summed E-state index contributed by atoms with van der Waals surface area (Å²) >= 11 is 6.29. The number of nitrogens with zero attached hydrogens (tertiary/aromatic N) is 2. The minimum atomic E-state index is -3.69. The van der Waals surface area contributed by atoms with Gasteiger partial charge in [0.1, 0.15) is 0 Å². The van der Waals surface area contributed by atoms with Crippen molar-refractivity contribution in [2.45, 2.75) is 49.2 Å². The van der Waals surface area contributed by atoms with Gasteiger partial charge in [0.2, 0.25) is 10.0 Å². The Morgan fingerprint density at radius 1 is 1.03 bits per heavy atom. The van der Waals surface area contributed by atoms with Gasteiger partial charge in [0.25, 0.3) is 11.8 Å². The third-order valence-corrected chi connectivity index (χ3v) is 7.82. The molecule has 2 aliphatic rings. The molecule has 2 aromatic carbocycles. The molecular weight excluding hydrogens is 450 g/mol. The molecule has 0 aromatic heterocycles. The average molecular weight is 476 g/mol. The monoisotopic (exact) mass is 475 g/mol. The van der Waals surface area contributed by atoms with E-state index < -0.39 is 10.0 Å². The van der Waals surface area contributed by atoms with E-state index in [4.69, 9.17) is 11.6 Å². The topological polar surface area (TPSA) is 86.8 Å². The fourth-order valence-corrected chi connectivity index (χ4v) is 4.53. The molecule has 2 saturated carbocycles. The van der Waals surface area contributed by atoms with Crippen molar-refractivity contribution in [3.05, 3.63) is 64.2 Å². The Bertz CT molecular complexity index is 1140.